The fourth-order valence-corrected chi connectivity index (χ4v) is 2.03. The molecule has 0 atom stereocenters. The van der Waals surface area contributed by atoms with Gasteiger partial charge in [0.25, 0.3) is 0 Å². The summed E-state index contributed by atoms with van der Waals surface area (Å²) in [4.78, 5) is 11.1. The molecule has 2 aromatic carbocycles. The van der Waals surface area contributed by atoms with Crippen molar-refractivity contribution >= 4 is 12.0 Å². The van der Waals surface area contributed by atoms with Gasteiger partial charge in [0.15, 0.2) is 0 Å². The van der Waals surface area contributed by atoms with Crippen LogP contribution in [0.2, 0.25) is 0 Å². The van der Waals surface area contributed by atoms with E-state index in [4.69, 9.17) is 5.11 Å². The summed E-state index contributed by atoms with van der Waals surface area (Å²) in [6.45, 7) is 0. The second kappa shape index (κ2) is 6.64. The molecule has 0 aliphatic carbocycles. The number of rotatable bonds is 4. The molecule has 0 heterocycles. The minimum absolute atomic E-state index is 0.150. The summed E-state index contributed by atoms with van der Waals surface area (Å²) in [6.07, 6.45) is -1.19. The van der Waals surface area contributed by atoms with Crippen LogP contribution in [0.5, 0.6) is 0 Å². The first-order chi connectivity index (χ1) is 10.8. The van der Waals surface area contributed by atoms with Gasteiger partial charge in [0, 0.05) is 0 Å². The lowest BCUT2D eigenvalue weighted by Gasteiger charge is -2.10. The molecule has 0 amide bonds. The van der Waals surface area contributed by atoms with E-state index < -0.39 is 17.7 Å². The summed E-state index contributed by atoms with van der Waals surface area (Å²) in [7, 11) is 0. The molecule has 0 spiro atoms. The van der Waals surface area contributed by atoms with Crippen LogP contribution in [0.25, 0.3) is 6.08 Å². The van der Waals surface area contributed by atoms with Crippen LogP contribution in [0.1, 0.15) is 27.0 Å². The Morgan fingerprint density at radius 3 is 2.30 bits per heavy atom. The number of allylic oxidation sites excluding steroid dienone is 1. The Kier molecular flexibility index (Phi) is 4.83. The van der Waals surface area contributed by atoms with Crippen LogP contribution in [0.4, 0.5) is 17.6 Å². The van der Waals surface area contributed by atoms with E-state index in [0.717, 1.165) is 12.1 Å². The maximum atomic E-state index is 12.8. The van der Waals surface area contributed by atoms with Gasteiger partial charge < -0.3 is 5.11 Å². The average molecular weight is 324 g/mol. The Balaban J connectivity index is 2.22. The monoisotopic (exact) mass is 324 g/mol. The maximum absolute atomic E-state index is 12.8. The van der Waals surface area contributed by atoms with E-state index in [-0.39, 0.29) is 23.4 Å². The van der Waals surface area contributed by atoms with Crippen LogP contribution in [-0.2, 0) is 12.6 Å². The highest BCUT2D eigenvalue weighted by Crippen LogP contribution is 2.30. The summed E-state index contributed by atoms with van der Waals surface area (Å²) < 4.78 is 50.7. The minimum atomic E-state index is -4.59. The summed E-state index contributed by atoms with van der Waals surface area (Å²) in [5.41, 5.74) is -0.413. The molecular weight excluding hydrogens is 312 g/mol. The summed E-state index contributed by atoms with van der Waals surface area (Å²) in [5.74, 6) is -1.79. The molecule has 120 valence electrons. The lowest BCUT2D eigenvalue weighted by atomic mass is 10.0. The van der Waals surface area contributed by atoms with Gasteiger partial charge in [-0.25, -0.2) is 9.18 Å². The van der Waals surface area contributed by atoms with Gasteiger partial charge in [-0.3, -0.25) is 0 Å². The zero-order valence-electron chi connectivity index (χ0n) is 11.8. The Morgan fingerprint density at radius 1 is 1.09 bits per heavy atom. The number of hydrogen-bond acceptors (Lipinski definition) is 1. The third-order valence-corrected chi connectivity index (χ3v) is 3.19. The van der Waals surface area contributed by atoms with Crippen molar-refractivity contribution in [2.75, 3.05) is 0 Å². The lowest BCUT2D eigenvalue weighted by Crippen LogP contribution is -2.09. The van der Waals surface area contributed by atoms with E-state index in [1.165, 1.54) is 24.3 Å². The number of alkyl halides is 3. The van der Waals surface area contributed by atoms with E-state index in [1.807, 2.05) is 0 Å². The smallest absolute Gasteiger partial charge is 0.416 e. The first-order valence-electron chi connectivity index (χ1n) is 6.63. The van der Waals surface area contributed by atoms with Gasteiger partial charge in [0.2, 0.25) is 0 Å². The third kappa shape index (κ3) is 4.42. The number of aromatic carboxylic acids is 1. The van der Waals surface area contributed by atoms with Gasteiger partial charge in [-0.2, -0.15) is 13.2 Å². The molecule has 0 bridgehead atoms. The van der Waals surface area contributed by atoms with Crippen molar-refractivity contribution in [2.45, 2.75) is 12.6 Å². The van der Waals surface area contributed by atoms with Crippen molar-refractivity contribution < 1.29 is 27.5 Å². The van der Waals surface area contributed by atoms with E-state index in [0.29, 0.717) is 11.6 Å². The molecule has 2 aromatic rings. The maximum Gasteiger partial charge on any atom is 0.416 e. The predicted octanol–water partition coefficient (Wildman–Crippen LogP) is 4.80. The average Bonchev–Trinajstić information content (AvgIpc) is 2.48. The van der Waals surface area contributed by atoms with Gasteiger partial charge in [-0.1, -0.05) is 30.4 Å². The molecule has 1 N–H and O–H groups in total. The molecule has 6 heteroatoms. The molecule has 0 saturated heterocycles. The number of hydrogen-bond donors (Lipinski definition) is 1. The van der Waals surface area contributed by atoms with E-state index in [1.54, 1.807) is 12.2 Å². The Labute approximate surface area is 129 Å². The number of carboxylic acid groups (broad SMARTS) is 1. The van der Waals surface area contributed by atoms with Crippen LogP contribution in [0.15, 0.2) is 48.5 Å². The highest BCUT2D eigenvalue weighted by Gasteiger charge is 2.31. The second-order valence-electron chi connectivity index (χ2n) is 4.83. The molecule has 23 heavy (non-hydrogen) atoms. The highest BCUT2D eigenvalue weighted by molar-refractivity contribution is 5.89. The van der Waals surface area contributed by atoms with E-state index in [9.17, 15) is 22.4 Å². The standard InChI is InChI=1S/C17H12F4O2/c18-14-8-4-11(5-9-14)2-1-3-12-6-7-13(17(19,20)21)10-15(12)16(22)23/h1-2,4-10H,3H2,(H,22,23)/b2-1+. The van der Waals surface area contributed by atoms with E-state index >= 15 is 0 Å². The largest absolute Gasteiger partial charge is 0.478 e. The predicted molar refractivity (Wildman–Crippen MR) is 77.5 cm³/mol. The number of benzene rings is 2. The van der Waals surface area contributed by atoms with Gasteiger partial charge in [-0.15, -0.1) is 0 Å². The fraction of sp³-hybridized carbons (Fsp3) is 0.118. The molecule has 0 aliphatic heterocycles. The molecule has 0 aromatic heterocycles. The minimum Gasteiger partial charge on any atom is -0.478 e. The Bertz CT molecular complexity index is 731. The van der Waals surface area contributed by atoms with Crippen molar-refractivity contribution in [3.63, 3.8) is 0 Å². The quantitative estimate of drug-likeness (QED) is 0.820. The molecule has 0 unspecified atom stereocenters. The Morgan fingerprint density at radius 2 is 1.74 bits per heavy atom. The van der Waals surface area contributed by atoms with Crippen LogP contribution in [0, 0.1) is 5.82 Å². The van der Waals surface area contributed by atoms with Crippen molar-refractivity contribution in [2.24, 2.45) is 0 Å². The summed E-state index contributed by atoms with van der Waals surface area (Å²) in [6, 6.07) is 8.27. The number of halogens is 4. The fourth-order valence-electron chi connectivity index (χ4n) is 2.03. The van der Waals surface area contributed by atoms with Crippen molar-refractivity contribution in [3.05, 3.63) is 76.6 Å². The SMILES string of the molecule is O=C(O)c1cc(C(F)(F)F)ccc1C/C=C/c1ccc(F)cc1. The Hall–Kier alpha value is -2.63. The van der Waals surface area contributed by atoms with Gasteiger partial charge in [-0.05, 0) is 41.8 Å². The molecule has 2 nitrogen and oxygen atoms in total. The highest BCUT2D eigenvalue weighted by atomic mass is 19.4. The van der Waals surface area contributed by atoms with Crippen LogP contribution >= 0.6 is 0 Å². The zero-order valence-corrected chi connectivity index (χ0v) is 11.8. The summed E-state index contributed by atoms with van der Waals surface area (Å²) >= 11 is 0. The van der Waals surface area contributed by atoms with Crippen molar-refractivity contribution in [1.29, 1.82) is 0 Å². The van der Waals surface area contributed by atoms with E-state index in [2.05, 4.69) is 0 Å². The molecule has 0 aliphatic rings. The summed E-state index contributed by atoms with van der Waals surface area (Å²) in [5, 5.41) is 9.07. The van der Waals surface area contributed by atoms with Crippen LogP contribution in [0.3, 0.4) is 0 Å². The normalized spacial score (nSPS) is 11.8. The zero-order chi connectivity index (χ0) is 17.0. The lowest BCUT2D eigenvalue weighted by molar-refractivity contribution is -0.137. The molecule has 2 rings (SSSR count). The molecule has 0 radical (unpaired) electrons. The van der Waals surface area contributed by atoms with Crippen molar-refractivity contribution in [1.82, 2.24) is 0 Å². The second-order valence-corrected chi connectivity index (χ2v) is 4.83. The van der Waals surface area contributed by atoms with Gasteiger partial charge in [0.1, 0.15) is 5.82 Å². The number of carboxylic acids is 1. The molecule has 0 saturated carbocycles. The van der Waals surface area contributed by atoms with Crippen molar-refractivity contribution in [3.8, 4) is 0 Å². The first-order valence-corrected chi connectivity index (χ1v) is 6.63. The molecule has 0 fully saturated rings. The third-order valence-electron chi connectivity index (χ3n) is 3.19. The number of carbonyl (C=O) groups is 1. The topological polar surface area (TPSA) is 37.3 Å². The van der Waals surface area contributed by atoms with Gasteiger partial charge in [0.05, 0.1) is 11.1 Å². The van der Waals surface area contributed by atoms with Crippen LogP contribution in [-0.4, -0.2) is 11.1 Å². The first kappa shape index (κ1) is 16.7. The van der Waals surface area contributed by atoms with Crippen LogP contribution < -0.4 is 0 Å². The van der Waals surface area contributed by atoms with Gasteiger partial charge >= 0.3 is 12.1 Å². The molecular formula is C17H12F4O2.